The minimum Gasteiger partial charge on any atom is -0.495 e. The van der Waals surface area contributed by atoms with Crippen molar-refractivity contribution in [3.8, 4) is 11.5 Å². The molecule has 0 saturated heterocycles. The van der Waals surface area contributed by atoms with Gasteiger partial charge in [0.2, 0.25) is 11.8 Å². The summed E-state index contributed by atoms with van der Waals surface area (Å²) in [5, 5.41) is 14.5. The molecule has 2 N–H and O–H groups in total. The standard InChI is InChI=1S/C24H27N5O4S/c1-4-14-29-21(15-22(30)26-19-8-6-7-9-20(19)32-3)27-28-24(29)34-16-23(31)25-17-10-12-18(13-11-17)33-5-2/h4,6-13H,1,5,14-16H2,2-3H3,(H,25,31)(H,26,30). The lowest BCUT2D eigenvalue weighted by molar-refractivity contribution is -0.116. The summed E-state index contributed by atoms with van der Waals surface area (Å²) in [6.07, 6.45) is 1.70. The zero-order valence-electron chi connectivity index (χ0n) is 19.1. The highest BCUT2D eigenvalue weighted by Crippen LogP contribution is 2.24. The minimum atomic E-state index is -0.257. The van der Waals surface area contributed by atoms with Gasteiger partial charge in [-0.3, -0.25) is 9.59 Å². The SMILES string of the molecule is C=CCn1c(CC(=O)Nc2ccccc2OC)nnc1SCC(=O)Nc1ccc(OCC)cc1. The summed E-state index contributed by atoms with van der Waals surface area (Å²) in [5.41, 5.74) is 1.25. The van der Waals surface area contributed by atoms with Crippen molar-refractivity contribution in [2.75, 3.05) is 30.1 Å². The fourth-order valence-electron chi connectivity index (χ4n) is 3.08. The highest BCUT2D eigenvalue weighted by molar-refractivity contribution is 7.99. The Kier molecular flexibility index (Phi) is 9.10. The number of rotatable bonds is 12. The number of methoxy groups -OCH3 is 1. The number of para-hydroxylation sites is 2. The van der Waals surface area contributed by atoms with Crippen molar-refractivity contribution in [1.29, 1.82) is 0 Å². The van der Waals surface area contributed by atoms with Gasteiger partial charge in [-0.25, -0.2) is 0 Å². The molecule has 1 heterocycles. The Morgan fingerprint density at radius 2 is 1.85 bits per heavy atom. The Morgan fingerprint density at radius 3 is 2.56 bits per heavy atom. The second kappa shape index (κ2) is 12.4. The lowest BCUT2D eigenvalue weighted by atomic mass is 10.2. The number of amides is 2. The Bertz CT molecular complexity index is 1130. The number of anilines is 2. The van der Waals surface area contributed by atoms with E-state index in [4.69, 9.17) is 9.47 Å². The molecule has 3 rings (SSSR count). The van der Waals surface area contributed by atoms with E-state index in [-0.39, 0.29) is 24.0 Å². The number of carbonyl (C=O) groups excluding carboxylic acids is 2. The number of hydrogen-bond acceptors (Lipinski definition) is 7. The molecule has 0 saturated carbocycles. The lowest BCUT2D eigenvalue weighted by Crippen LogP contribution is -2.18. The van der Waals surface area contributed by atoms with Crippen LogP contribution in [0.15, 0.2) is 66.3 Å². The molecule has 1 aromatic heterocycles. The summed E-state index contributed by atoms with van der Waals surface area (Å²) in [5.74, 6) is 1.48. The topological polar surface area (TPSA) is 107 Å². The van der Waals surface area contributed by atoms with Crippen LogP contribution in [-0.2, 0) is 22.6 Å². The van der Waals surface area contributed by atoms with E-state index in [1.807, 2.05) is 19.1 Å². The maximum absolute atomic E-state index is 12.6. The Balaban J connectivity index is 1.60. The van der Waals surface area contributed by atoms with Crippen LogP contribution in [0.5, 0.6) is 11.5 Å². The first kappa shape index (κ1) is 24.8. The molecule has 0 atom stereocenters. The van der Waals surface area contributed by atoms with E-state index in [1.54, 1.807) is 54.2 Å². The number of hydrogen-bond donors (Lipinski definition) is 2. The highest BCUT2D eigenvalue weighted by atomic mass is 32.2. The molecule has 3 aromatic rings. The zero-order valence-corrected chi connectivity index (χ0v) is 19.9. The lowest BCUT2D eigenvalue weighted by Gasteiger charge is -2.11. The molecule has 2 amide bonds. The number of allylic oxidation sites excluding steroid dienone is 1. The number of benzene rings is 2. The van der Waals surface area contributed by atoms with E-state index in [0.717, 1.165) is 5.75 Å². The molecule has 2 aromatic carbocycles. The van der Waals surface area contributed by atoms with Gasteiger partial charge in [0.15, 0.2) is 5.16 Å². The summed E-state index contributed by atoms with van der Waals surface area (Å²) in [6.45, 7) is 6.67. The van der Waals surface area contributed by atoms with Crippen LogP contribution in [0.25, 0.3) is 0 Å². The second-order valence-electron chi connectivity index (χ2n) is 7.02. The summed E-state index contributed by atoms with van der Waals surface area (Å²) in [7, 11) is 1.54. The fourth-order valence-corrected chi connectivity index (χ4v) is 3.85. The van der Waals surface area contributed by atoms with Crippen molar-refractivity contribution < 1.29 is 19.1 Å². The Labute approximate surface area is 202 Å². The molecule has 0 aliphatic heterocycles. The van der Waals surface area contributed by atoms with Crippen molar-refractivity contribution in [3.63, 3.8) is 0 Å². The van der Waals surface area contributed by atoms with Crippen LogP contribution >= 0.6 is 11.8 Å². The molecule has 9 nitrogen and oxygen atoms in total. The molecular weight excluding hydrogens is 454 g/mol. The molecule has 0 unspecified atom stereocenters. The van der Waals surface area contributed by atoms with Crippen LogP contribution in [0, 0.1) is 0 Å². The number of nitrogens with one attached hydrogen (secondary N) is 2. The minimum absolute atomic E-state index is 0.0117. The first-order chi connectivity index (χ1) is 16.5. The highest BCUT2D eigenvalue weighted by Gasteiger charge is 2.17. The first-order valence-corrected chi connectivity index (χ1v) is 11.6. The fraction of sp³-hybridized carbons (Fsp3) is 0.250. The van der Waals surface area contributed by atoms with E-state index in [2.05, 4.69) is 27.4 Å². The van der Waals surface area contributed by atoms with E-state index >= 15 is 0 Å². The smallest absolute Gasteiger partial charge is 0.234 e. The Morgan fingerprint density at radius 1 is 1.09 bits per heavy atom. The zero-order chi connectivity index (χ0) is 24.3. The van der Waals surface area contributed by atoms with Crippen LogP contribution in [0.3, 0.4) is 0 Å². The summed E-state index contributed by atoms with van der Waals surface area (Å²) in [4.78, 5) is 25.0. The van der Waals surface area contributed by atoms with Crippen LogP contribution < -0.4 is 20.1 Å². The third-order valence-electron chi connectivity index (χ3n) is 4.59. The van der Waals surface area contributed by atoms with Gasteiger partial charge in [-0.1, -0.05) is 30.0 Å². The maximum atomic E-state index is 12.6. The molecule has 34 heavy (non-hydrogen) atoms. The average Bonchev–Trinajstić information content (AvgIpc) is 3.20. The average molecular weight is 482 g/mol. The molecule has 0 aliphatic carbocycles. The molecule has 0 spiro atoms. The van der Waals surface area contributed by atoms with Gasteiger partial charge in [0.05, 0.1) is 31.6 Å². The maximum Gasteiger partial charge on any atom is 0.234 e. The number of aromatic nitrogens is 3. The third kappa shape index (κ3) is 6.85. The van der Waals surface area contributed by atoms with Gasteiger partial charge in [0, 0.05) is 12.2 Å². The molecule has 0 bridgehead atoms. The monoisotopic (exact) mass is 481 g/mol. The molecule has 0 aliphatic rings. The van der Waals surface area contributed by atoms with Gasteiger partial charge in [0.25, 0.3) is 0 Å². The van der Waals surface area contributed by atoms with Crippen LogP contribution in [0.1, 0.15) is 12.7 Å². The van der Waals surface area contributed by atoms with Crippen molar-refractivity contribution in [1.82, 2.24) is 14.8 Å². The molecule has 10 heteroatoms. The second-order valence-corrected chi connectivity index (χ2v) is 7.96. The van der Waals surface area contributed by atoms with Crippen LogP contribution in [0.4, 0.5) is 11.4 Å². The van der Waals surface area contributed by atoms with E-state index in [9.17, 15) is 9.59 Å². The van der Waals surface area contributed by atoms with Crippen molar-refractivity contribution in [2.24, 2.45) is 0 Å². The number of thioether (sulfide) groups is 1. The first-order valence-electron chi connectivity index (χ1n) is 10.6. The van der Waals surface area contributed by atoms with Crippen molar-refractivity contribution in [2.45, 2.75) is 25.0 Å². The van der Waals surface area contributed by atoms with Gasteiger partial charge in [0.1, 0.15) is 17.3 Å². The number of nitrogens with zero attached hydrogens (tertiary/aromatic N) is 3. The quantitative estimate of drug-likeness (QED) is 0.299. The summed E-state index contributed by atoms with van der Waals surface area (Å²) >= 11 is 1.24. The normalized spacial score (nSPS) is 10.4. The van der Waals surface area contributed by atoms with Crippen LogP contribution in [0.2, 0.25) is 0 Å². The van der Waals surface area contributed by atoms with Gasteiger partial charge < -0.3 is 24.7 Å². The predicted molar refractivity (Wildman–Crippen MR) is 133 cm³/mol. The largest absolute Gasteiger partial charge is 0.495 e. The third-order valence-corrected chi connectivity index (χ3v) is 5.55. The van der Waals surface area contributed by atoms with E-state index in [0.29, 0.717) is 41.3 Å². The van der Waals surface area contributed by atoms with E-state index in [1.165, 1.54) is 11.8 Å². The number of ether oxygens (including phenoxy) is 2. The molecular formula is C24H27N5O4S. The summed E-state index contributed by atoms with van der Waals surface area (Å²) < 4.78 is 12.4. The molecule has 178 valence electrons. The molecule has 0 fully saturated rings. The van der Waals surface area contributed by atoms with Crippen molar-refractivity contribution in [3.05, 3.63) is 67.0 Å². The van der Waals surface area contributed by atoms with Crippen molar-refractivity contribution >= 4 is 35.0 Å². The van der Waals surface area contributed by atoms with E-state index < -0.39 is 0 Å². The van der Waals surface area contributed by atoms with Gasteiger partial charge in [-0.2, -0.15) is 0 Å². The molecule has 0 radical (unpaired) electrons. The van der Waals surface area contributed by atoms with Gasteiger partial charge in [-0.05, 0) is 43.3 Å². The Hall–Kier alpha value is -3.79. The predicted octanol–water partition coefficient (Wildman–Crippen LogP) is 3.78. The number of carbonyl (C=O) groups is 2. The van der Waals surface area contributed by atoms with Gasteiger partial charge >= 0.3 is 0 Å². The van der Waals surface area contributed by atoms with Gasteiger partial charge in [-0.15, -0.1) is 16.8 Å². The van der Waals surface area contributed by atoms with Crippen LogP contribution in [-0.4, -0.2) is 46.0 Å². The summed E-state index contributed by atoms with van der Waals surface area (Å²) in [6, 6.07) is 14.3.